The maximum atomic E-state index is 13.0. The van der Waals surface area contributed by atoms with Crippen molar-refractivity contribution in [2.75, 3.05) is 6.54 Å². The molecule has 1 aromatic rings. The fourth-order valence-electron chi connectivity index (χ4n) is 4.56. The Hall–Kier alpha value is -2.30. The van der Waals surface area contributed by atoms with Crippen LogP contribution in [0, 0.1) is 0 Å². The highest BCUT2D eigenvalue weighted by Crippen LogP contribution is 2.40. The predicted octanol–water partition coefficient (Wildman–Crippen LogP) is 2.26. The lowest BCUT2D eigenvalue weighted by atomic mass is 9.87. The molecule has 3 atom stereocenters. The van der Waals surface area contributed by atoms with Crippen molar-refractivity contribution < 1.29 is 9.59 Å². The zero-order valence-corrected chi connectivity index (χ0v) is 14.6. The van der Waals surface area contributed by atoms with Gasteiger partial charge in [0.1, 0.15) is 0 Å². The van der Waals surface area contributed by atoms with Crippen LogP contribution in [0.2, 0.25) is 0 Å². The Morgan fingerprint density at radius 1 is 1.20 bits per heavy atom. The number of rotatable bonds is 2. The van der Waals surface area contributed by atoms with Gasteiger partial charge in [0.2, 0.25) is 5.91 Å². The van der Waals surface area contributed by atoms with Crippen LogP contribution in [0.15, 0.2) is 41.6 Å². The molecule has 2 amide bonds. The number of carbonyl (C=O) groups is 2. The molecule has 2 aliphatic heterocycles. The zero-order valence-electron chi connectivity index (χ0n) is 14.6. The SMILES string of the molecule is CCC(=O)N1C(c2ccccc2)C2=C(CNC2=O)NC2CCCCC21. The fourth-order valence-corrected chi connectivity index (χ4v) is 4.56. The van der Waals surface area contributed by atoms with Crippen LogP contribution in [0.1, 0.15) is 50.6 Å². The van der Waals surface area contributed by atoms with E-state index in [4.69, 9.17) is 0 Å². The van der Waals surface area contributed by atoms with Crippen molar-refractivity contribution in [2.45, 2.75) is 57.2 Å². The number of benzene rings is 1. The molecule has 2 N–H and O–H groups in total. The third-order valence-corrected chi connectivity index (χ3v) is 5.70. The number of carbonyl (C=O) groups excluding carboxylic acids is 2. The van der Waals surface area contributed by atoms with Gasteiger partial charge < -0.3 is 15.5 Å². The highest BCUT2D eigenvalue weighted by molar-refractivity contribution is 5.99. The quantitative estimate of drug-likeness (QED) is 0.869. The molecule has 1 fully saturated rings. The standard InChI is InChI=1S/C20H25N3O2/c1-2-17(24)23-16-11-7-6-10-14(16)22-15-12-21-20(25)18(15)19(23)13-8-4-3-5-9-13/h3-5,8-9,14,16,19,22H,2,6-7,10-12H2,1H3,(H,21,25). The maximum Gasteiger partial charge on any atom is 0.251 e. The second-order valence-corrected chi connectivity index (χ2v) is 7.15. The van der Waals surface area contributed by atoms with Gasteiger partial charge in [0.15, 0.2) is 0 Å². The Labute approximate surface area is 148 Å². The first kappa shape index (κ1) is 16.2. The van der Waals surface area contributed by atoms with Gasteiger partial charge in [-0.3, -0.25) is 9.59 Å². The Morgan fingerprint density at radius 3 is 2.72 bits per heavy atom. The summed E-state index contributed by atoms with van der Waals surface area (Å²) in [4.78, 5) is 27.7. The minimum Gasteiger partial charge on any atom is -0.382 e. The average Bonchev–Trinajstić information content (AvgIpc) is 2.93. The van der Waals surface area contributed by atoms with Gasteiger partial charge in [0.25, 0.3) is 5.91 Å². The van der Waals surface area contributed by atoms with Crippen LogP contribution in [0.25, 0.3) is 0 Å². The Balaban J connectivity index is 1.88. The normalized spacial score (nSPS) is 28.6. The molecule has 1 aromatic carbocycles. The first-order valence-electron chi connectivity index (χ1n) is 9.34. The molecule has 1 aliphatic carbocycles. The van der Waals surface area contributed by atoms with Crippen molar-refractivity contribution in [1.82, 2.24) is 15.5 Å². The zero-order chi connectivity index (χ0) is 17.4. The largest absolute Gasteiger partial charge is 0.382 e. The van der Waals surface area contributed by atoms with Crippen LogP contribution in [0.3, 0.4) is 0 Å². The van der Waals surface area contributed by atoms with Gasteiger partial charge in [-0.1, -0.05) is 50.1 Å². The summed E-state index contributed by atoms with van der Waals surface area (Å²) in [6.07, 6.45) is 4.80. The van der Waals surface area contributed by atoms with Crippen LogP contribution < -0.4 is 10.6 Å². The van der Waals surface area contributed by atoms with Crippen molar-refractivity contribution in [3.8, 4) is 0 Å². The van der Waals surface area contributed by atoms with Crippen molar-refractivity contribution in [3.63, 3.8) is 0 Å². The van der Waals surface area contributed by atoms with E-state index in [1.54, 1.807) is 0 Å². The Bertz CT molecular complexity index is 713. The molecule has 25 heavy (non-hydrogen) atoms. The average molecular weight is 339 g/mol. The second-order valence-electron chi connectivity index (χ2n) is 7.15. The Kier molecular flexibility index (Phi) is 4.24. The summed E-state index contributed by atoms with van der Waals surface area (Å²) in [5.74, 6) is 0.0740. The number of amides is 2. The summed E-state index contributed by atoms with van der Waals surface area (Å²) >= 11 is 0. The molecule has 0 saturated heterocycles. The smallest absolute Gasteiger partial charge is 0.251 e. The monoisotopic (exact) mass is 339 g/mol. The van der Waals surface area contributed by atoms with E-state index in [1.165, 1.54) is 6.42 Å². The number of nitrogens with zero attached hydrogens (tertiary/aromatic N) is 1. The molecule has 4 rings (SSSR count). The summed E-state index contributed by atoms with van der Waals surface area (Å²) in [5, 5.41) is 6.57. The molecule has 5 nitrogen and oxygen atoms in total. The van der Waals surface area contributed by atoms with E-state index in [0.717, 1.165) is 36.1 Å². The van der Waals surface area contributed by atoms with Gasteiger partial charge >= 0.3 is 0 Å². The third-order valence-electron chi connectivity index (χ3n) is 5.70. The molecule has 132 valence electrons. The van der Waals surface area contributed by atoms with Crippen LogP contribution in [0.5, 0.6) is 0 Å². The predicted molar refractivity (Wildman–Crippen MR) is 95.5 cm³/mol. The highest BCUT2D eigenvalue weighted by atomic mass is 16.2. The maximum absolute atomic E-state index is 13.0. The van der Waals surface area contributed by atoms with Crippen LogP contribution in [0.4, 0.5) is 0 Å². The second kappa shape index (κ2) is 6.54. The Morgan fingerprint density at radius 2 is 1.96 bits per heavy atom. The van der Waals surface area contributed by atoms with Crippen molar-refractivity contribution in [3.05, 3.63) is 47.2 Å². The van der Waals surface area contributed by atoms with E-state index in [1.807, 2.05) is 42.2 Å². The van der Waals surface area contributed by atoms with Crippen molar-refractivity contribution in [1.29, 1.82) is 0 Å². The molecule has 1 saturated carbocycles. The summed E-state index contributed by atoms with van der Waals surface area (Å²) in [5.41, 5.74) is 2.71. The van der Waals surface area contributed by atoms with Crippen LogP contribution in [-0.2, 0) is 9.59 Å². The molecular weight excluding hydrogens is 314 g/mol. The summed E-state index contributed by atoms with van der Waals surface area (Å²) in [7, 11) is 0. The summed E-state index contributed by atoms with van der Waals surface area (Å²) < 4.78 is 0. The lowest BCUT2D eigenvalue weighted by molar-refractivity contribution is -0.136. The van der Waals surface area contributed by atoms with Crippen LogP contribution >= 0.6 is 0 Å². The molecule has 0 aromatic heterocycles. The minimum atomic E-state index is -0.299. The van der Waals surface area contributed by atoms with Gasteiger partial charge in [-0.15, -0.1) is 0 Å². The van der Waals surface area contributed by atoms with E-state index < -0.39 is 0 Å². The summed E-state index contributed by atoms with van der Waals surface area (Å²) in [6, 6.07) is 10.1. The first-order valence-corrected chi connectivity index (χ1v) is 9.34. The van der Waals surface area contributed by atoms with E-state index in [9.17, 15) is 9.59 Å². The van der Waals surface area contributed by atoms with Gasteiger partial charge in [0, 0.05) is 18.2 Å². The van der Waals surface area contributed by atoms with E-state index in [0.29, 0.717) is 13.0 Å². The lowest BCUT2D eigenvalue weighted by Gasteiger charge is -2.42. The summed E-state index contributed by atoms with van der Waals surface area (Å²) in [6.45, 7) is 2.44. The lowest BCUT2D eigenvalue weighted by Crippen LogP contribution is -2.53. The number of hydrogen-bond acceptors (Lipinski definition) is 3. The van der Waals surface area contributed by atoms with E-state index in [2.05, 4.69) is 10.6 Å². The van der Waals surface area contributed by atoms with E-state index in [-0.39, 0.29) is 29.9 Å². The molecule has 2 heterocycles. The number of nitrogens with one attached hydrogen (secondary N) is 2. The third kappa shape index (κ3) is 2.71. The molecular formula is C20H25N3O2. The number of fused-ring (bicyclic) bond motifs is 1. The topological polar surface area (TPSA) is 61.4 Å². The van der Waals surface area contributed by atoms with Gasteiger partial charge in [-0.2, -0.15) is 0 Å². The van der Waals surface area contributed by atoms with Gasteiger partial charge in [0.05, 0.1) is 24.2 Å². The molecule has 5 heteroatoms. The fraction of sp³-hybridized carbons (Fsp3) is 0.500. The molecule has 0 spiro atoms. The van der Waals surface area contributed by atoms with E-state index >= 15 is 0 Å². The van der Waals surface area contributed by atoms with Gasteiger partial charge in [-0.25, -0.2) is 0 Å². The minimum absolute atomic E-state index is 0.0519. The van der Waals surface area contributed by atoms with Crippen molar-refractivity contribution in [2.24, 2.45) is 0 Å². The first-order chi connectivity index (χ1) is 12.2. The molecule has 3 unspecified atom stereocenters. The molecule has 0 bridgehead atoms. The highest BCUT2D eigenvalue weighted by Gasteiger charge is 2.45. The number of hydrogen-bond donors (Lipinski definition) is 2. The molecule has 3 aliphatic rings. The van der Waals surface area contributed by atoms with Crippen LogP contribution in [-0.4, -0.2) is 35.3 Å². The van der Waals surface area contributed by atoms with Gasteiger partial charge in [-0.05, 0) is 18.4 Å². The molecule has 0 radical (unpaired) electrons. The van der Waals surface area contributed by atoms with Crippen molar-refractivity contribution >= 4 is 11.8 Å².